The molecule has 2 aliphatic heterocycles. The third-order valence-corrected chi connectivity index (χ3v) is 5.19. The number of nitrogens with zero attached hydrogens (tertiary/aromatic N) is 1. The van der Waals surface area contributed by atoms with E-state index in [2.05, 4.69) is 12.2 Å². The summed E-state index contributed by atoms with van der Waals surface area (Å²) < 4.78 is 17.3. The first kappa shape index (κ1) is 17.0. The Labute approximate surface area is 158 Å². The minimum absolute atomic E-state index is 0.102. The lowest BCUT2D eigenvalue weighted by Crippen LogP contribution is -2.65. The van der Waals surface area contributed by atoms with E-state index in [9.17, 15) is 0 Å². The molecule has 0 radical (unpaired) electrons. The van der Waals surface area contributed by atoms with Crippen LogP contribution in [0.1, 0.15) is 31.9 Å². The first-order chi connectivity index (χ1) is 12.5. The average Bonchev–Trinajstić information content (AvgIpc) is 2.62. The highest BCUT2D eigenvalue weighted by atomic mass is 32.1. The summed E-state index contributed by atoms with van der Waals surface area (Å²) in [5.74, 6) is 2.52. The highest BCUT2D eigenvalue weighted by Crippen LogP contribution is 2.46. The number of thiocarbonyl (C=S) groups is 1. The topological polar surface area (TPSA) is 43.0 Å². The zero-order valence-electron chi connectivity index (χ0n) is 15.1. The highest BCUT2D eigenvalue weighted by Gasteiger charge is 2.48. The standard InChI is InChI=1S/C20H22N2O3S/c1-4-24-14-7-5-13(6-8-14)22-19(26)21-17-12-20(22,2)25-18-10-9-15(23-3)11-16(17)18/h5-11,17H,4,12H2,1-3H3,(H,21,26)/t17-,20+/m0/s1. The maximum absolute atomic E-state index is 6.42. The van der Waals surface area contributed by atoms with Gasteiger partial charge in [-0.15, -0.1) is 0 Å². The van der Waals surface area contributed by atoms with Crippen molar-refractivity contribution in [1.29, 1.82) is 0 Å². The van der Waals surface area contributed by atoms with Crippen molar-refractivity contribution >= 4 is 23.0 Å². The van der Waals surface area contributed by atoms with Gasteiger partial charge >= 0.3 is 0 Å². The monoisotopic (exact) mass is 370 g/mol. The van der Waals surface area contributed by atoms with E-state index in [0.29, 0.717) is 11.7 Å². The molecule has 5 nitrogen and oxygen atoms in total. The van der Waals surface area contributed by atoms with Crippen molar-refractivity contribution < 1.29 is 14.2 Å². The molecule has 26 heavy (non-hydrogen) atoms. The fourth-order valence-electron chi connectivity index (χ4n) is 3.73. The van der Waals surface area contributed by atoms with Crippen LogP contribution in [-0.4, -0.2) is 24.6 Å². The Balaban J connectivity index is 1.70. The molecule has 1 fully saturated rings. The van der Waals surface area contributed by atoms with E-state index in [4.69, 9.17) is 26.4 Å². The van der Waals surface area contributed by atoms with Gasteiger partial charge < -0.3 is 19.5 Å². The van der Waals surface area contributed by atoms with Crippen molar-refractivity contribution in [2.24, 2.45) is 0 Å². The third-order valence-electron chi connectivity index (χ3n) is 4.88. The quantitative estimate of drug-likeness (QED) is 0.820. The third kappa shape index (κ3) is 2.74. The molecule has 0 aliphatic carbocycles. The zero-order valence-corrected chi connectivity index (χ0v) is 15.9. The number of ether oxygens (including phenoxy) is 3. The number of hydrogen-bond acceptors (Lipinski definition) is 4. The van der Waals surface area contributed by atoms with Crippen molar-refractivity contribution in [3.8, 4) is 17.2 Å². The number of benzene rings is 2. The molecule has 136 valence electrons. The van der Waals surface area contributed by atoms with Crippen molar-refractivity contribution in [3.05, 3.63) is 48.0 Å². The molecule has 2 bridgehead atoms. The van der Waals surface area contributed by atoms with Crippen LogP contribution in [-0.2, 0) is 0 Å². The Hall–Kier alpha value is -2.47. The van der Waals surface area contributed by atoms with E-state index in [1.54, 1.807) is 7.11 Å². The fourth-order valence-corrected chi connectivity index (χ4v) is 4.17. The normalized spacial score (nSPS) is 23.6. The molecule has 1 N–H and O–H groups in total. The van der Waals surface area contributed by atoms with Crippen LogP contribution in [0.15, 0.2) is 42.5 Å². The predicted molar refractivity (Wildman–Crippen MR) is 105 cm³/mol. The summed E-state index contributed by atoms with van der Waals surface area (Å²) in [7, 11) is 1.67. The molecule has 2 aliphatic rings. The Morgan fingerprint density at radius 2 is 1.96 bits per heavy atom. The van der Waals surface area contributed by atoms with E-state index in [0.717, 1.165) is 34.9 Å². The van der Waals surface area contributed by atoms with Crippen molar-refractivity contribution in [1.82, 2.24) is 5.32 Å². The Morgan fingerprint density at radius 3 is 2.65 bits per heavy atom. The number of anilines is 1. The molecular formula is C20H22N2O3S. The van der Waals surface area contributed by atoms with Gasteiger partial charge in [-0.2, -0.15) is 0 Å². The maximum atomic E-state index is 6.42. The predicted octanol–water partition coefficient (Wildman–Crippen LogP) is 4.03. The average molecular weight is 370 g/mol. The van der Waals surface area contributed by atoms with Gasteiger partial charge in [-0.05, 0) is 68.5 Å². The summed E-state index contributed by atoms with van der Waals surface area (Å²) in [5.41, 5.74) is 1.50. The van der Waals surface area contributed by atoms with Gasteiger partial charge in [0.1, 0.15) is 17.2 Å². The van der Waals surface area contributed by atoms with Gasteiger partial charge in [-0.1, -0.05) is 0 Å². The van der Waals surface area contributed by atoms with Gasteiger partial charge in [0.15, 0.2) is 10.8 Å². The van der Waals surface area contributed by atoms with E-state index in [-0.39, 0.29) is 6.04 Å². The molecular weight excluding hydrogens is 348 g/mol. The largest absolute Gasteiger partial charge is 0.497 e. The maximum Gasteiger partial charge on any atom is 0.188 e. The molecule has 2 aromatic carbocycles. The van der Waals surface area contributed by atoms with Crippen molar-refractivity contribution in [2.45, 2.75) is 32.0 Å². The first-order valence-corrected chi connectivity index (χ1v) is 9.15. The molecule has 2 atom stereocenters. The number of nitrogens with one attached hydrogen (secondary N) is 1. The number of fused-ring (bicyclic) bond motifs is 4. The molecule has 0 aromatic heterocycles. The molecule has 0 saturated carbocycles. The Kier molecular flexibility index (Phi) is 4.15. The fraction of sp³-hybridized carbons (Fsp3) is 0.350. The van der Waals surface area contributed by atoms with Gasteiger partial charge in [0, 0.05) is 17.7 Å². The van der Waals surface area contributed by atoms with Crippen molar-refractivity contribution in [2.75, 3.05) is 18.6 Å². The molecule has 0 amide bonds. The van der Waals surface area contributed by atoms with E-state index < -0.39 is 5.72 Å². The van der Waals surface area contributed by atoms with Crippen LogP contribution in [0.2, 0.25) is 0 Å². The number of hydrogen-bond donors (Lipinski definition) is 1. The van der Waals surface area contributed by atoms with Crippen LogP contribution in [0.25, 0.3) is 0 Å². The second-order valence-corrected chi connectivity index (χ2v) is 7.04. The summed E-state index contributed by atoms with van der Waals surface area (Å²) >= 11 is 5.68. The summed E-state index contributed by atoms with van der Waals surface area (Å²) in [4.78, 5) is 2.04. The van der Waals surface area contributed by atoms with Crippen LogP contribution in [0.5, 0.6) is 17.2 Å². The van der Waals surface area contributed by atoms with E-state index in [1.165, 1.54) is 0 Å². The second-order valence-electron chi connectivity index (χ2n) is 6.65. The van der Waals surface area contributed by atoms with Gasteiger partial charge in [0.25, 0.3) is 0 Å². The molecule has 0 spiro atoms. The molecule has 2 aromatic rings. The lowest BCUT2D eigenvalue weighted by molar-refractivity contribution is 0.0496. The van der Waals surface area contributed by atoms with Crippen molar-refractivity contribution in [3.63, 3.8) is 0 Å². The summed E-state index contributed by atoms with van der Waals surface area (Å²) in [6.07, 6.45) is 0.778. The molecule has 4 rings (SSSR count). The Bertz CT molecular complexity index is 839. The van der Waals surface area contributed by atoms with Crippen LogP contribution >= 0.6 is 12.2 Å². The van der Waals surface area contributed by atoms with E-state index >= 15 is 0 Å². The Morgan fingerprint density at radius 1 is 1.23 bits per heavy atom. The highest BCUT2D eigenvalue weighted by molar-refractivity contribution is 7.80. The minimum atomic E-state index is -0.554. The van der Waals surface area contributed by atoms with Crippen LogP contribution in [0.3, 0.4) is 0 Å². The summed E-state index contributed by atoms with van der Waals surface area (Å²) in [6, 6.07) is 13.9. The SMILES string of the molecule is CCOc1ccc(N2C(=S)N[C@H]3C[C@@]2(C)Oc2ccc(OC)cc23)cc1. The number of rotatable bonds is 4. The van der Waals surface area contributed by atoms with Gasteiger partial charge in [-0.25, -0.2) is 0 Å². The second kappa shape index (κ2) is 6.36. The first-order valence-electron chi connectivity index (χ1n) is 8.74. The number of methoxy groups -OCH3 is 1. The minimum Gasteiger partial charge on any atom is -0.497 e. The lowest BCUT2D eigenvalue weighted by Gasteiger charge is -2.52. The van der Waals surface area contributed by atoms with Gasteiger partial charge in [0.2, 0.25) is 0 Å². The molecule has 0 unspecified atom stereocenters. The molecule has 2 heterocycles. The van der Waals surface area contributed by atoms with Crippen LogP contribution in [0, 0.1) is 0 Å². The smallest absolute Gasteiger partial charge is 0.188 e. The molecule has 1 saturated heterocycles. The zero-order chi connectivity index (χ0) is 18.3. The van der Waals surface area contributed by atoms with Gasteiger partial charge in [0.05, 0.1) is 19.8 Å². The summed E-state index contributed by atoms with van der Waals surface area (Å²) in [6.45, 7) is 4.70. The van der Waals surface area contributed by atoms with Gasteiger partial charge in [-0.3, -0.25) is 4.90 Å². The van der Waals surface area contributed by atoms with Crippen LogP contribution < -0.4 is 24.4 Å². The molecule has 6 heteroatoms. The van der Waals surface area contributed by atoms with E-state index in [1.807, 2.05) is 54.3 Å². The summed E-state index contributed by atoms with van der Waals surface area (Å²) in [5, 5.41) is 4.11. The van der Waals surface area contributed by atoms with Crippen LogP contribution in [0.4, 0.5) is 5.69 Å². The lowest BCUT2D eigenvalue weighted by atomic mass is 9.90.